The van der Waals surface area contributed by atoms with Crippen molar-refractivity contribution in [2.45, 2.75) is 19.4 Å². The maximum absolute atomic E-state index is 11.5. The number of rotatable bonds is 4. The number of carbonyl (C=O) groups is 1. The Labute approximate surface area is 87.8 Å². The number of carbonyl (C=O) groups excluding carboxylic acids is 1. The van der Waals surface area contributed by atoms with E-state index in [4.69, 9.17) is 0 Å². The Balaban J connectivity index is 2.58. The minimum Gasteiger partial charge on any atom is -0.505 e. The lowest BCUT2D eigenvalue weighted by Crippen LogP contribution is -2.31. The molecule has 1 rings (SSSR count). The lowest BCUT2D eigenvalue weighted by atomic mass is 10.2. The Morgan fingerprint density at radius 1 is 1.67 bits per heavy atom. The van der Waals surface area contributed by atoms with E-state index >= 15 is 0 Å². The fourth-order valence-electron chi connectivity index (χ4n) is 1.03. The van der Waals surface area contributed by atoms with Crippen LogP contribution in [0, 0.1) is 0 Å². The molecule has 15 heavy (non-hydrogen) atoms. The number of hydrogen-bond donors (Lipinski definition) is 3. The number of aliphatic hydroxyl groups is 1. The first-order chi connectivity index (χ1) is 7.15. The van der Waals surface area contributed by atoms with Crippen molar-refractivity contribution >= 4 is 5.91 Å². The third-order valence-corrected chi connectivity index (χ3v) is 2.01. The monoisotopic (exact) mass is 210 g/mol. The highest BCUT2D eigenvalue weighted by molar-refractivity contribution is 5.96. The molecule has 0 aliphatic rings. The van der Waals surface area contributed by atoms with Gasteiger partial charge >= 0.3 is 0 Å². The molecular weight excluding hydrogens is 196 g/mol. The van der Waals surface area contributed by atoms with Crippen LogP contribution in [0.25, 0.3) is 0 Å². The van der Waals surface area contributed by atoms with E-state index < -0.39 is 12.0 Å². The fraction of sp³-hybridized carbons (Fsp3) is 0.400. The zero-order valence-corrected chi connectivity index (χ0v) is 8.47. The standard InChI is InChI=1S/C10H14N2O3/c1-2-7(13)5-12-10(15)8-3-4-11-6-9(8)14/h3-4,6-7,13-14H,2,5H2,1H3,(H,12,15). The highest BCUT2D eigenvalue weighted by Crippen LogP contribution is 2.13. The van der Waals surface area contributed by atoms with Crippen LogP contribution in [-0.2, 0) is 0 Å². The van der Waals surface area contributed by atoms with Crippen LogP contribution in [0.3, 0.4) is 0 Å². The number of pyridine rings is 1. The molecule has 1 amide bonds. The number of amides is 1. The summed E-state index contributed by atoms with van der Waals surface area (Å²) in [4.78, 5) is 15.1. The molecule has 0 fully saturated rings. The summed E-state index contributed by atoms with van der Waals surface area (Å²) in [7, 11) is 0. The Kier molecular flexibility index (Phi) is 4.05. The fourth-order valence-corrected chi connectivity index (χ4v) is 1.03. The van der Waals surface area contributed by atoms with Gasteiger partial charge in [0.2, 0.25) is 0 Å². The Hall–Kier alpha value is -1.62. The molecule has 1 heterocycles. The molecule has 5 nitrogen and oxygen atoms in total. The molecule has 0 saturated carbocycles. The van der Waals surface area contributed by atoms with Gasteiger partial charge in [0, 0.05) is 12.7 Å². The third kappa shape index (κ3) is 3.21. The maximum Gasteiger partial charge on any atom is 0.255 e. The van der Waals surface area contributed by atoms with Crippen LogP contribution in [0.5, 0.6) is 5.75 Å². The van der Waals surface area contributed by atoms with E-state index in [1.807, 2.05) is 6.92 Å². The second-order valence-electron chi connectivity index (χ2n) is 3.16. The molecule has 0 aliphatic carbocycles. The van der Waals surface area contributed by atoms with Gasteiger partial charge in [-0.25, -0.2) is 0 Å². The highest BCUT2D eigenvalue weighted by atomic mass is 16.3. The summed E-state index contributed by atoms with van der Waals surface area (Å²) < 4.78 is 0. The van der Waals surface area contributed by atoms with Gasteiger partial charge in [-0.05, 0) is 12.5 Å². The molecule has 0 aliphatic heterocycles. The summed E-state index contributed by atoms with van der Waals surface area (Å²) in [6, 6.07) is 1.42. The van der Waals surface area contributed by atoms with Gasteiger partial charge in [-0.15, -0.1) is 0 Å². The van der Waals surface area contributed by atoms with Gasteiger partial charge in [0.1, 0.15) is 5.75 Å². The van der Waals surface area contributed by atoms with Crippen molar-refractivity contribution in [3.63, 3.8) is 0 Å². The molecule has 82 valence electrons. The first-order valence-corrected chi connectivity index (χ1v) is 4.74. The van der Waals surface area contributed by atoms with Crippen LogP contribution < -0.4 is 5.32 Å². The van der Waals surface area contributed by atoms with Gasteiger partial charge in [0.15, 0.2) is 0 Å². The van der Waals surface area contributed by atoms with Crippen molar-refractivity contribution in [3.8, 4) is 5.75 Å². The number of aromatic nitrogens is 1. The van der Waals surface area contributed by atoms with E-state index in [1.165, 1.54) is 18.5 Å². The summed E-state index contributed by atoms with van der Waals surface area (Å²) in [5.74, 6) is -0.580. The number of hydrogen-bond acceptors (Lipinski definition) is 4. The minimum atomic E-state index is -0.557. The van der Waals surface area contributed by atoms with Crippen molar-refractivity contribution in [3.05, 3.63) is 24.0 Å². The Morgan fingerprint density at radius 2 is 2.40 bits per heavy atom. The van der Waals surface area contributed by atoms with E-state index in [0.29, 0.717) is 6.42 Å². The predicted molar refractivity (Wildman–Crippen MR) is 54.5 cm³/mol. The van der Waals surface area contributed by atoms with E-state index in [9.17, 15) is 15.0 Å². The van der Waals surface area contributed by atoms with E-state index in [0.717, 1.165) is 0 Å². The molecular formula is C10H14N2O3. The number of aliphatic hydroxyl groups excluding tert-OH is 1. The second kappa shape index (κ2) is 5.31. The van der Waals surface area contributed by atoms with Crippen LogP contribution in [0.4, 0.5) is 0 Å². The van der Waals surface area contributed by atoms with Crippen LogP contribution >= 0.6 is 0 Å². The molecule has 0 spiro atoms. The Morgan fingerprint density at radius 3 is 3.00 bits per heavy atom. The van der Waals surface area contributed by atoms with Gasteiger partial charge < -0.3 is 15.5 Å². The lowest BCUT2D eigenvalue weighted by molar-refractivity contribution is 0.0911. The molecule has 0 aromatic carbocycles. The van der Waals surface area contributed by atoms with Crippen molar-refractivity contribution in [1.82, 2.24) is 10.3 Å². The average molecular weight is 210 g/mol. The van der Waals surface area contributed by atoms with Gasteiger partial charge in [0.25, 0.3) is 5.91 Å². The highest BCUT2D eigenvalue weighted by Gasteiger charge is 2.11. The van der Waals surface area contributed by atoms with E-state index in [1.54, 1.807) is 0 Å². The third-order valence-electron chi connectivity index (χ3n) is 2.01. The van der Waals surface area contributed by atoms with Crippen molar-refractivity contribution < 1.29 is 15.0 Å². The SMILES string of the molecule is CCC(O)CNC(=O)c1ccncc1O. The first kappa shape index (κ1) is 11.5. The van der Waals surface area contributed by atoms with Crippen LogP contribution in [0.1, 0.15) is 23.7 Å². The second-order valence-corrected chi connectivity index (χ2v) is 3.16. The molecule has 0 saturated heterocycles. The van der Waals surface area contributed by atoms with Crippen molar-refractivity contribution in [2.24, 2.45) is 0 Å². The summed E-state index contributed by atoms with van der Waals surface area (Å²) in [6.07, 6.45) is 2.64. The summed E-state index contributed by atoms with van der Waals surface area (Å²) in [5.41, 5.74) is 0.160. The van der Waals surface area contributed by atoms with E-state index in [2.05, 4.69) is 10.3 Å². The Bertz CT molecular complexity index is 341. The van der Waals surface area contributed by atoms with Crippen LogP contribution in [-0.4, -0.2) is 33.8 Å². The molecule has 3 N–H and O–H groups in total. The quantitative estimate of drug-likeness (QED) is 0.667. The molecule has 1 aromatic heterocycles. The summed E-state index contributed by atoms with van der Waals surface area (Å²) in [5, 5.41) is 21.1. The molecule has 5 heteroatoms. The molecule has 0 radical (unpaired) electrons. The van der Waals surface area contributed by atoms with Crippen LogP contribution in [0.2, 0.25) is 0 Å². The summed E-state index contributed by atoms with van der Waals surface area (Å²) in [6.45, 7) is 2.00. The topological polar surface area (TPSA) is 82.5 Å². The van der Waals surface area contributed by atoms with Gasteiger partial charge in [-0.3, -0.25) is 9.78 Å². The molecule has 0 bridgehead atoms. The molecule has 1 unspecified atom stereocenters. The smallest absolute Gasteiger partial charge is 0.255 e. The van der Waals surface area contributed by atoms with Gasteiger partial charge in [-0.2, -0.15) is 0 Å². The molecule has 1 aromatic rings. The van der Waals surface area contributed by atoms with E-state index in [-0.39, 0.29) is 17.9 Å². The lowest BCUT2D eigenvalue weighted by Gasteiger charge is -2.09. The average Bonchev–Trinajstić information content (AvgIpc) is 2.26. The zero-order chi connectivity index (χ0) is 11.3. The van der Waals surface area contributed by atoms with Gasteiger partial charge in [0.05, 0.1) is 17.9 Å². The minimum absolute atomic E-state index is 0.160. The van der Waals surface area contributed by atoms with Crippen molar-refractivity contribution in [2.75, 3.05) is 6.54 Å². The van der Waals surface area contributed by atoms with Crippen molar-refractivity contribution in [1.29, 1.82) is 0 Å². The largest absolute Gasteiger partial charge is 0.505 e. The predicted octanol–water partition coefficient (Wildman–Crippen LogP) is 0.288. The number of nitrogens with one attached hydrogen (secondary N) is 1. The zero-order valence-electron chi connectivity index (χ0n) is 8.47. The number of nitrogens with zero attached hydrogens (tertiary/aromatic N) is 1. The first-order valence-electron chi connectivity index (χ1n) is 4.74. The molecule has 1 atom stereocenters. The van der Waals surface area contributed by atoms with Crippen LogP contribution in [0.15, 0.2) is 18.5 Å². The van der Waals surface area contributed by atoms with Gasteiger partial charge in [-0.1, -0.05) is 6.92 Å². The maximum atomic E-state index is 11.5. The number of aromatic hydroxyl groups is 1. The summed E-state index contributed by atoms with van der Waals surface area (Å²) >= 11 is 0. The normalized spacial score (nSPS) is 12.1.